The Morgan fingerprint density at radius 2 is 1.35 bits per heavy atom. The van der Waals surface area contributed by atoms with Crippen LogP contribution in [0.4, 0.5) is 0 Å². The fraction of sp³-hybridized carbons (Fsp3) is 0.130. The molecule has 6 nitrogen and oxygen atoms in total. The second kappa shape index (κ2) is 10.7. The molecule has 0 saturated heterocycles. The van der Waals surface area contributed by atoms with E-state index in [4.69, 9.17) is 21.1 Å². The van der Waals surface area contributed by atoms with Crippen LogP contribution in [0.1, 0.15) is 26.3 Å². The molecule has 0 unspecified atom stereocenters. The highest BCUT2D eigenvalue weighted by Crippen LogP contribution is 2.24. The Kier molecular flexibility index (Phi) is 7.81. The Morgan fingerprint density at radius 1 is 0.806 bits per heavy atom. The minimum absolute atomic E-state index is 0.297. The third-order valence-electron chi connectivity index (χ3n) is 4.34. The van der Waals surface area contributed by atoms with Gasteiger partial charge in [0.2, 0.25) is 0 Å². The van der Waals surface area contributed by atoms with Crippen LogP contribution in [-0.2, 0) is 5.75 Å². The molecule has 0 aliphatic heterocycles. The molecule has 2 N–H and O–H groups in total. The highest BCUT2D eigenvalue weighted by Gasteiger charge is 2.12. The van der Waals surface area contributed by atoms with Gasteiger partial charge in [-0.3, -0.25) is 20.4 Å². The van der Waals surface area contributed by atoms with Gasteiger partial charge in [-0.25, -0.2) is 0 Å². The lowest BCUT2D eigenvalue weighted by Gasteiger charge is -2.10. The zero-order valence-electron chi connectivity index (χ0n) is 17.0. The predicted octanol–water partition coefficient (Wildman–Crippen LogP) is 4.72. The molecule has 0 aliphatic carbocycles. The number of hydrazine groups is 1. The lowest BCUT2D eigenvalue weighted by atomic mass is 10.1. The largest absolute Gasteiger partial charge is 0.497 e. The fourth-order valence-electron chi connectivity index (χ4n) is 2.65. The van der Waals surface area contributed by atoms with Crippen LogP contribution in [0.3, 0.4) is 0 Å². The average Bonchev–Trinajstić information content (AvgIpc) is 2.81. The predicted molar refractivity (Wildman–Crippen MR) is 122 cm³/mol. The molecule has 160 valence electrons. The minimum Gasteiger partial charge on any atom is -0.497 e. The third kappa shape index (κ3) is 6.41. The molecule has 3 rings (SSSR count). The van der Waals surface area contributed by atoms with Gasteiger partial charge in [0.05, 0.1) is 14.2 Å². The summed E-state index contributed by atoms with van der Waals surface area (Å²) in [6.45, 7) is 0. The molecule has 0 aliphatic rings. The van der Waals surface area contributed by atoms with Crippen molar-refractivity contribution in [2.24, 2.45) is 0 Å². The summed E-state index contributed by atoms with van der Waals surface area (Å²) in [7, 11) is 2.99. The molecule has 8 heteroatoms. The molecule has 0 fully saturated rings. The molecule has 3 aromatic rings. The number of thioether (sulfide) groups is 1. The summed E-state index contributed by atoms with van der Waals surface area (Å²) in [5.74, 6) is 0.810. The second-order valence-electron chi connectivity index (χ2n) is 6.45. The highest BCUT2D eigenvalue weighted by molar-refractivity contribution is 7.98. The Morgan fingerprint density at radius 3 is 1.90 bits per heavy atom. The van der Waals surface area contributed by atoms with Gasteiger partial charge >= 0.3 is 0 Å². The average molecular weight is 457 g/mol. The van der Waals surface area contributed by atoms with Crippen LogP contribution in [0.5, 0.6) is 11.5 Å². The summed E-state index contributed by atoms with van der Waals surface area (Å²) in [4.78, 5) is 25.8. The van der Waals surface area contributed by atoms with Crippen molar-refractivity contribution in [3.63, 3.8) is 0 Å². The van der Waals surface area contributed by atoms with Crippen LogP contribution < -0.4 is 20.3 Å². The molecule has 2 amide bonds. The molecule has 0 heterocycles. The van der Waals surface area contributed by atoms with Crippen LogP contribution in [0, 0.1) is 0 Å². The molecule has 31 heavy (non-hydrogen) atoms. The number of benzene rings is 3. The quantitative estimate of drug-likeness (QED) is 0.397. The van der Waals surface area contributed by atoms with Gasteiger partial charge in [-0.05, 0) is 54.1 Å². The van der Waals surface area contributed by atoms with E-state index < -0.39 is 11.8 Å². The summed E-state index contributed by atoms with van der Waals surface area (Å²) in [5, 5.41) is 0.706. The molecule has 0 radical (unpaired) electrons. The first-order valence-corrected chi connectivity index (χ1v) is 10.7. The van der Waals surface area contributed by atoms with E-state index in [1.807, 2.05) is 36.4 Å². The lowest BCUT2D eigenvalue weighted by molar-refractivity contribution is 0.0846. The zero-order chi connectivity index (χ0) is 22.2. The lowest BCUT2D eigenvalue weighted by Crippen LogP contribution is -2.41. The number of nitrogens with one attached hydrogen (secondary N) is 2. The van der Waals surface area contributed by atoms with Gasteiger partial charge in [0.1, 0.15) is 11.5 Å². The maximum absolute atomic E-state index is 12.4. The van der Waals surface area contributed by atoms with E-state index in [9.17, 15) is 9.59 Å². The number of methoxy groups -OCH3 is 2. The van der Waals surface area contributed by atoms with E-state index >= 15 is 0 Å². The van der Waals surface area contributed by atoms with Gasteiger partial charge in [-0.2, -0.15) is 0 Å². The molecular weight excluding hydrogens is 436 g/mol. The first-order chi connectivity index (χ1) is 15.0. The van der Waals surface area contributed by atoms with Gasteiger partial charge in [0.15, 0.2) is 0 Å². The smallest absolute Gasteiger partial charge is 0.269 e. The summed E-state index contributed by atoms with van der Waals surface area (Å²) in [6, 6.07) is 19.6. The van der Waals surface area contributed by atoms with Crippen molar-refractivity contribution in [2.45, 2.75) is 10.6 Å². The number of carbonyl (C=O) groups is 2. The maximum atomic E-state index is 12.4. The monoisotopic (exact) mass is 456 g/mol. The van der Waals surface area contributed by atoms with Crippen LogP contribution in [0.2, 0.25) is 5.02 Å². The molecule has 0 saturated carbocycles. The van der Waals surface area contributed by atoms with Gasteiger partial charge in [-0.15, -0.1) is 11.8 Å². The number of amides is 2. The fourth-order valence-corrected chi connectivity index (χ4v) is 3.63. The standard InChI is InChI=1S/C23H21ClN2O4S/c1-29-19-11-17(12-20(13-19)30-2)23(28)26-25-22(27)16-5-3-15(4-6-16)14-31-21-9-7-18(24)8-10-21/h3-13H,14H2,1-2H3,(H,25,27)(H,26,28). The third-order valence-corrected chi connectivity index (χ3v) is 5.67. The Balaban J connectivity index is 1.54. The van der Waals surface area contributed by atoms with Crippen LogP contribution in [0.15, 0.2) is 71.6 Å². The van der Waals surface area contributed by atoms with Gasteiger partial charge in [0, 0.05) is 32.9 Å². The van der Waals surface area contributed by atoms with E-state index in [0.717, 1.165) is 16.2 Å². The zero-order valence-corrected chi connectivity index (χ0v) is 18.5. The van der Waals surface area contributed by atoms with Crippen molar-refractivity contribution < 1.29 is 19.1 Å². The van der Waals surface area contributed by atoms with Crippen LogP contribution in [-0.4, -0.2) is 26.0 Å². The summed E-state index contributed by atoms with van der Waals surface area (Å²) in [5.41, 5.74) is 6.62. The van der Waals surface area contributed by atoms with E-state index in [2.05, 4.69) is 10.9 Å². The normalized spacial score (nSPS) is 10.3. The molecule has 0 bridgehead atoms. The van der Waals surface area contributed by atoms with Crippen molar-refractivity contribution in [3.05, 3.63) is 88.4 Å². The molecule has 0 spiro atoms. The maximum Gasteiger partial charge on any atom is 0.269 e. The van der Waals surface area contributed by atoms with Crippen molar-refractivity contribution in [1.29, 1.82) is 0 Å². The van der Waals surface area contributed by atoms with Crippen LogP contribution in [0.25, 0.3) is 0 Å². The Hall–Kier alpha value is -3.16. The van der Waals surface area contributed by atoms with Crippen molar-refractivity contribution in [1.82, 2.24) is 10.9 Å². The Labute approximate surface area is 189 Å². The summed E-state index contributed by atoms with van der Waals surface area (Å²) >= 11 is 7.58. The van der Waals surface area contributed by atoms with E-state index in [1.165, 1.54) is 14.2 Å². The van der Waals surface area contributed by atoms with E-state index in [0.29, 0.717) is 27.6 Å². The second-order valence-corrected chi connectivity index (χ2v) is 7.93. The van der Waals surface area contributed by atoms with Crippen LogP contribution >= 0.6 is 23.4 Å². The number of hydrogen-bond acceptors (Lipinski definition) is 5. The van der Waals surface area contributed by atoms with E-state index in [1.54, 1.807) is 42.1 Å². The molecule has 0 aromatic heterocycles. The highest BCUT2D eigenvalue weighted by atomic mass is 35.5. The van der Waals surface area contributed by atoms with Gasteiger partial charge in [0.25, 0.3) is 11.8 Å². The number of halogens is 1. The molecular formula is C23H21ClN2O4S. The number of carbonyl (C=O) groups excluding carboxylic acids is 2. The van der Waals surface area contributed by atoms with Crippen molar-refractivity contribution >= 4 is 35.2 Å². The first-order valence-electron chi connectivity index (χ1n) is 9.29. The first kappa shape index (κ1) is 22.5. The summed E-state index contributed by atoms with van der Waals surface area (Å²) < 4.78 is 10.3. The Bertz CT molecular complexity index is 1030. The number of hydrogen-bond donors (Lipinski definition) is 2. The minimum atomic E-state index is -0.485. The molecule has 0 atom stereocenters. The van der Waals surface area contributed by atoms with Gasteiger partial charge < -0.3 is 9.47 Å². The topological polar surface area (TPSA) is 76.7 Å². The SMILES string of the molecule is COc1cc(OC)cc(C(=O)NNC(=O)c2ccc(CSc3ccc(Cl)cc3)cc2)c1. The van der Waals surface area contributed by atoms with E-state index in [-0.39, 0.29) is 0 Å². The molecule has 3 aromatic carbocycles. The van der Waals surface area contributed by atoms with Gasteiger partial charge in [-0.1, -0.05) is 23.7 Å². The van der Waals surface area contributed by atoms with Crippen molar-refractivity contribution in [2.75, 3.05) is 14.2 Å². The number of rotatable bonds is 7. The van der Waals surface area contributed by atoms with Crippen molar-refractivity contribution in [3.8, 4) is 11.5 Å². The summed E-state index contributed by atoms with van der Waals surface area (Å²) in [6.07, 6.45) is 0. The number of ether oxygens (including phenoxy) is 2.